The van der Waals surface area contributed by atoms with E-state index in [2.05, 4.69) is 73.5 Å². The molecule has 0 fully saturated rings. The predicted molar refractivity (Wildman–Crippen MR) is 100 cm³/mol. The van der Waals surface area contributed by atoms with E-state index in [-0.39, 0.29) is 0 Å². The van der Waals surface area contributed by atoms with Gasteiger partial charge in [-0.25, -0.2) is 0 Å². The zero-order chi connectivity index (χ0) is 16.8. The fourth-order valence-electron chi connectivity index (χ4n) is 2.58. The van der Waals surface area contributed by atoms with Crippen LogP contribution in [0.25, 0.3) is 11.1 Å². The Bertz CT molecular complexity index is 757. The van der Waals surface area contributed by atoms with E-state index in [1.807, 2.05) is 7.05 Å². The smallest absolute Gasteiger partial charge is 0.0585 e. The summed E-state index contributed by atoms with van der Waals surface area (Å²) in [6.45, 7) is 8.26. The van der Waals surface area contributed by atoms with Crippen LogP contribution in [0.5, 0.6) is 0 Å². The lowest BCUT2D eigenvalue weighted by Gasteiger charge is -2.15. The van der Waals surface area contributed by atoms with Gasteiger partial charge in [-0.3, -0.25) is 0 Å². The Kier molecular flexibility index (Phi) is 5.36. The largest absolute Gasteiger partial charge is 0.386 e. The molecule has 2 rings (SSSR count). The van der Waals surface area contributed by atoms with E-state index in [1.54, 1.807) is 6.08 Å². The minimum absolute atomic E-state index is 0.735. The number of aryl methyl sites for hydroxylation is 2. The van der Waals surface area contributed by atoms with Gasteiger partial charge in [-0.2, -0.15) is 0 Å². The van der Waals surface area contributed by atoms with Crippen molar-refractivity contribution in [1.82, 2.24) is 5.32 Å². The molecule has 0 aromatic heterocycles. The highest BCUT2D eigenvalue weighted by atomic mass is 15.0. The number of allylic oxidation sites excluding steroid dienone is 1. The Morgan fingerprint density at radius 1 is 1.04 bits per heavy atom. The monoisotopic (exact) mass is 305 g/mol. The van der Waals surface area contributed by atoms with Gasteiger partial charge in [0.05, 0.1) is 11.4 Å². The predicted octanol–water partition coefficient (Wildman–Crippen LogP) is 4.65. The standard InChI is InChI=1S/C20H23N3/c1-14-7-5-6-8-18(14)19-10-9-17(13-15(19)2)23-16(3)20(22-4)11-12-21/h5-13,21-23H,3H2,1-2,4H3/b20-11-,21-12?. The molecule has 0 unspecified atom stereocenters. The zero-order valence-corrected chi connectivity index (χ0v) is 13.9. The number of benzene rings is 2. The highest BCUT2D eigenvalue weighted by molar-refractivity contribution is 5.74. The van der Waals surface area contributed by atoms with Crippen LogP contribution in [0.2, 0.25) is 0 Å². The van der Waals surface area contributed by atoms with Gasteiger partial charge in [0, 0.05) is 18.9 Å². The van der Waals surface area contributed by atoms with Gasteiger partial charge in [0.25, 0.3) is 0 Å². The normalized spacial score (nSPS) is 11.0. The number of nitrogens with one attached hydrogen (secondary N) is 3. The average Bonchev–Trinajstić information content (AvgIpc) is 2.53. The van der Waals surface area contributed by atoms with Gasteiger partial charge >= 0.3 is 0 Å². The molecule has 3 N–H and O–H groups in total. The fourth-order valence-corrected chi connectivity index (χ4v) is 2.58. The zero-order valence-electron chi connectivity index (χ0n) is 13.9. The van der Waals surface area contributed by atoms with E-state index in [0.717, 1.165) is 17.1 Å². The van der Waals surface area contributed by atoms with E-state index >= 15 is 0 Å². The highest BCUT2D eigenvalue weighted by Crippen LogP contribution is 2.29. The summed E-state index contributed by atoms with van der Waals surface area (Å²) in [5.74, 6) is 0. The Morgan fingerprint density at radius 2 is 1.74 bits per heavy atom. The summed E-state index contributed by atoms with van der Waals surface area (Å²) in [4.78, 5) is 0. The molecule has 0 spiro atoms. The number of hydrogen-bond donors (Lipinski definition) is 3. The first-order chi connectivity index (χ1) is 11.1. The minimum atomic E-state index is 0.735. The molecule has 2 aromatic rings. The van der Waals surface area contributed by atoms with Gasteiger partial charge < -0.3 is 16.0 Å². The lowest BCUT2D eigenvalue weighted by atomic mass is 9.96. The molecule has 0 heterocycles. The second-order valence-corrected chi connectivity index (χ2v) is 5.45. The number of likely N-dealkylation sites (N-methyl/N-ethyl adjacent to an activating group) is 1. The van der Waals surface area contributed by atoms with Crippen LogP contribution in [-0.2, 0) is 0 Å². The second-order valence-electron chi connectivity index (χ2n) is 5.45. The molecule has 0 saturated carbocycles. The Hall–Kier alpha value is -2.81. The molecule has 3 nitrogen and oxygen atoms in total. The van der Waals surface area contributed by atoms with E-state index in [1.165, 1.54) is 28.5 Å². The fraction of sp³-hybridized carbons (Fsp3) is 0.150. The molecule has 118 valence electrons. The van der Waals surface area contributed by atoms with E-state index in [0.29, 0.717) is 0 Å². The van der Waals surface area contributed by atoms with Crippen LogP contribution >= 0.6 is 0 Å². The van der Waals surface area contributed by atoms with Gasteiger partial charge in [0.15, 0.2) is 0 Å². The van der Waals surface area contributed by atoms with E-state index in [9.17, 15) is 0 Å². The molecule has 23 heavy (non-hydrogen) atoms. The maximum absolute atomic E-state index is 7.18. The summed E-state index contributed by atoms with van der Waals surface area (Å²) in [6, 6.07) is 14.7. The Balaban J connectivity index is 2.27. The van der Waals surface area contributed by atoms with E-state index < -0.39 is 0 Å². The quantitative estimate of drug-likeness (QED) is 0.537. The van der Waals surface area contributed by atoms with Crippen LogP contribution in [0, 0.1) is 19.3 Å². The average molecular weight is 305 g/mol. The molecule has 2 aromatic carbocycles. The molecule has 0 amide bonds. The lowest BCUT2D eigenvalue weighted by molar-refractivity contribution is 1.01. The maximum atomic E-state index is 7.18. The van der Waals surface area contributed by atoms with Crippen LogP contribution in [0.3, 0.4) is 0 Å². The van der Waals surface area contributed by atoms with Crippen LogP contribution in [0.4, 0.5) is 5.69 Å². The third-order valence-corrected chi connectivity index (χ3v) is 3.80. The molecule has 0 saturated heterocycles. The summed E-state index contributed by atoms with van der Waals surface area (Å²) >= 11 is 0. The van der Waals surface area contributed by atoms with Crippen molar-refractivity contribution < 1.29 is 0 Å². The molecule has 0 aliphatic rings. The summed E-state index contributed by atoms with van der Waals surface area (Å²) in [5.41, 5.74) is 7.49. The second kappa shape index (κ2) is 7.45. The Morgan fingerprint density at radius 3 is 2.35 bits per heavy atom. The topological polar surface area (TPSA) is 47.9 Å². The molecule has 0 atom stereocenters. The number of anilines is 1. The third kappa shape index (κ3) is 3.89. The van der Waals surface area contributed by atoms with Gasteiger partial charge in [-0.15, -0.1) is 0 Å². The van der Waals surface area contributed by atoms with Crippen molar-refractivity contribution in [3.63, 3.8) is 0 Å². The van der Waals surface area contributed by atoms with Crippen molar-refractivity contribution in [1.29, 1.82) is 5.41 Å². The van der Waals surface area contributed by atoms with Crippen molar-refractivity contribution in [2.75, 3.05) is 12.4 Å². The van der Waals surface area contributed by atoms with Gasteiger partial charge in [-0.1, -0.05) is 36.9 Å². The SMILES string of the molecule is C=C(Nc1ccc(-c2ccccc2C)c(C)c1)/C(=C/C=N)NC. The van der Waals surface area contributed by atoms with Crippen molar-refractivity contribution in [3.05, 3.63) is 77.6 Å². The van der Waals surface area contributed by atoms with Crippen molar-refractivity contribution in [2.24, 2.45) is 0 Å². The van der Waals surface area contributed by atoms with Crippen molar-refractivity contribution >= 4 is 11.9 Å². The van der Waals surface area contributed by atoms with Gasteiger partial charge in [0.1, 0.15) is 0 Å². The van der Waals surface area contributed by atoms with Gasteiger partial charge in [-0.05, 0) is 54.3 Å². The molecule has 0 radical (unpaired) electrons. The molecular weight excluding hydrogens is 282 g/mol. The summed E-state index contributed by atoms with van der Waals surface area (Å²) in [5, 5.41) is 13.5. The maximum Gasteiger partial charge on any atom is 0.0585 e. The van der Waals surface area contributed by atoms with Crippen molar-refractivity contribution in [2.45, 2.75) is 13.8 Å². The first-order valence-electron chi connectivity index (χ1n) is 7.58. The number of rotatable bonds is 6. The van der Waals surface area contributed by atoms with Gasteiger partial charge in [0.2, 0.25) is 0 Å². The first kappa shape index (κ1) is 16.6. The molecule has 0 aliphatic heterocycles. The van der Waals surface area contributed by atoms with E-state index in [4.69, 9.17) is 5.41 Å². The third-order valence-electron chi connectivity index (χ3n) is 3.80. The molecular formula is C20H23N3. The summed E-state index contributed by atoms with van der Waals surface area (Å²) < 4.78 is 0. The molecule has 0 bridgehead atoms. The lowest BCUT2D eigenvalue weighted by Crippen LogP contribution is -2.13. The summed E-state index contributed by atoms with van der Waals surface area (Å²) in [6.07, 6.45) is 2.91. The Labute approximate surface area is 138 Å². The highest BCUT2D eigenvalue weighted by Gasteiger charge is 2.07. The van der Waals surface area contributed by atoms with Crippen LogP contribution in [0.1, 0.15) is 11.1 Å². The minimum Gasteiger partial charge on any atom is -0.386 e. The van der Waals surface area contributed by atoms with Crippen molar-refractivity contribution in [3.8, 4) is 11.1 Å². The van der Waals surface area contributed by atoms with Crippen LogP contribution in [0.15, 0.2) is 66.5 Å². The summed E-state index contributed by atoms with van der Waals surface area (Å²) in [7, 11) is 1.81. The first-order valence-corrected chi connectivity index (χ1v) is 7.58. The van der Waals surface area contributed by atoms with Crippen LogP contribution < -0.4 is 10.6 Å². The van der Waals surface area contributed by atoms with Crippen LogP contribution in [-0.4, -0.2) is 13.3 Å². The molecule has 0 aliphatic carbocycles. The molecule has 3 heteroatoms. The number of hydrogen-bond acceptors (Lipinski definition) is 3.